The number of allylic oxidation sites excluding steroid dienone is 2. The SMILES string of the molecule is CC(=O)OC[C@@H](O)[C@@]1(C)CC[C@@]2(C)[C@H](C1)C(=O)C[C@]1(C)C(C)=CC(=O)C[C@H]21. The quantitative estimate of drug-likeness (QED) is 0.765. The molecule has 5 nitrogen and oxygen atoms in total. The molecule has 0 aromatic carbocycles. The summed E-state index contributed by atoms with van der Waals surface area (Å²) in [5.41, 5.74) is 0.0723. The van der Waals surface area contributed by atoms with Crippen molar-refractivity contribution in [2.45, 2.75) is 72.8 Å². The summed E-state index contributed by atoms with van der Waals surface area (Å²) >= 11 is 0. The van der Waals surface area contributed by atoms with E-state index in [1.165, 1.54) is 6.92 Å². The maximum atomic E-state index is 13.2. The van der Waals surface area contributed by atoms with Crippen molar-refractivity contribution in [2.24, 2.45) is 28.1 Å². The molecule has 0 saturated heterocycles. The summed E-state index contributed by atoms with van der Waals surface area (Å²) in [4.78, 5) is 36.6. The van der Waals surface area contributed by atoms with Gasteiger partial charge in [0.2, 0.25) is 0 Å². The number of carbonyl (C=O) groups is 3. The van der Waals surface area contributed by atoms with Crippen LogP contribution >= 0.6 is 0 Å². The van der Waals surface area contributed by atoms with E-state index in [0.29, 0.717) is 19.3 Å². The van der Waals surface area contributed by atoms with Crippen LogP contribution in [0.25, 0.3) is 0 Å². The number of aliphatic hydroxyl groups is 1. The molecule has 0 spiro atoms. The summed E-state index contributed by atoms with van der Waals surface area (Å²) in [5.74, 6) is -0.0253. The molecule has 5 heteroatoms. The van der Waals surface area contributed by atoms with Crippen molar-refractivity contribution < 1.29 is 24.2 Å². The molecular formula is C22H32O5. The van der Waals surface area contributed by atoms with Gasteiger partial charge in [0.05, 0.1) is 6.10 Å². The molecule has 6 atom stereocenters. The first-order valence-electron chi connectivity index (χ1n) is 9.98. The fraction of sp³-hybridized carbons (Fsp3) is 0.773. The molecule has 0 radical (unpaired) electrons. The van der Waals surface area contributed by atoms with E-state index in [2.05, 4.69) is 13.8 Å². The van der Waals surface area contributed by atoms with Crippen LogP contribution in [0.3, 0.4) is 0 Å². The number of hydrogen-bond acceptors (Lipinski definition) is 5. The topological polar surface area (TPSA) is 80.7 Å². The minimum atomic E-state index is -0.790. The summed E-state index contributed by atoms with van der Waals surface area (Å²) in [7, 11) is 0. The first-order chi connectivity index (χ1) is 12.4. The first kappa shape index (κ1) is 20.2. The smallest absolute Gasteiger partial charge is 0.302 e. The number of fused-ring (bicyclic) bond motifs is 3. The van der Waals surface area contributed by atoms with Crippen molar-refractivity contribution in [3.05, 3.63) is 11.6 Å². The largest absolute Gasteiger partial charge is 0.463 e. The number of hydrogen-bond donors (Lipinski definition) is 1. The lowest BCUT2D eigenvalue weighted by Gasteiger charge is -2.61. The fourth-order valence-electron chi connectivity index (χ4n) is 6.00. The summed E-state index contributed by atoms with van der Waals surface area (Å²) in [6.45, 7) is 9.56. The minimum Gasteiger partial charge on any atom is -0.463 e. The Morgan fingerprint density at radius 2 is 1.96 bits per heavy atom. The average molecular weight is 376 g/mol. The zero-order valence-corrected chi connectivity index (χ0v) is 17.1. The van der Waals surface area contributed by atoms with E-state index in [9.17, 15) is 19.5 Å². The van der Waals surface area contributed by atoms with Crippen molar-refractivity contribution in [3.8, 4) is 0 Å². The highest BCUT2D eigenvalue weighted by molar-refractivity contribution is 5.93. The molecule has 0 bridgehead atoms. The number of ketones is 2. The Hall–Kier alpha value is -1.49. The second kappa shape index (κ2) is 6.54. The fourth-order valence-corrected chi connectivity index (χ4v) is 6.00. The van der Waals surface area contributed by atoms with Gasteiger partial charge >= 0.3 is 5.97 Å². The van der Waals surface area contributed by atoms with Gasteiger partial charge < -0.3 is 9.84 Å². The maximum absolute atomic E-state index is 13.2. The molecule has 0 aromatic heterocycles. The maximum Gasteiger partial charge on any atom is 0.302 e. The molecule has 3 aliphatic carbocycles. The number of ether oxygens (including phenoxy) is 1. The Morgan fingerprint density at radius 3 is 2.59 bits per heavy atom. The van der Waals surface area contributed by atoms with Crippen LogP contribution in [0.5, 0.6) is 0 Å². The molecule has 2 saturated carbocycles. The number of aliphatic hydroxyl groups excluding tert-OH is 1. The van der Waals surface area contributed by atoms with Crippen LogP contribution in [0.1, 0.15) is 66.7 Å². The molecular weight excluding hydrogens is 344 g/mol. The highest BCUT2D eigenvalue weighted by atomic mass is 16.5. The molecule has 3 rings (SSSR count). The van der Waals surface area contributed by atoms with E-state index in [1.807, 2.05) is 13.8 Å². The summed E-state index contributed by atoms with van der Waals surface area (Å²) < 4.78 is 5.01. The van der Waals surface area contributed by atoms with Gasteiger partial charge in [-0.25, -0.2) is 0 Å². The van der Waals surface area contributed by atoms with Crippen molar-refractivity contribution >= 4 is 17.5 Å². The van der Waals surface area contributed by atoms with Gasteiger partial charge in [-0.3, -0.25) is 14.4 Å². The first-order valence-corrected chi connectivity index (χ1v) is 9.98. The van der Waals surface area contributed by atoms with Crippen molar-refractivity contribution in [2.75, 3.05) is 6.61 Å². The van der Waals surface area contributed by atoms with E-state index in [0.717, 1.165) is 18.4 Å². The Labute approximate surface area is 161 Å². The van der Waals surface area contributed by atoms with Gasteiger partial charge in [-0.1, -0.05) is 26.3 Å². The summed E-state index contributed by atoms with van der Waals surface area (Å²) in [5, 5.41) is 10.7. The van der Waals surface area contributed by atoms with Gasteiger partial charge in [0.15, 0.2) is 5.78 Å². The van der Waals surface area contributed by atoms with Crippen molar-refractivity contribution in [1.29, 1.82) is 0 Å². The van der Waals surface area contributed by atoms with Crippen LogP contribution in [0.15, 0.2) is 11.6 Å². The number of rotatable bonds is 3. The van der Waals surface area contributed by atoms with Gasteiger partial charge in [0.25, 0.3) is 0 Å². The van der Waals surface area contributed by atoms with E-state index in [1.54, 1.807) is 6.08 Å². The molecule has 1 N–H and O–H groups in total. The lowest BCUT2D eigenvalue weighted by Crippen LogP contribution is -2.59. The number of carbonyl (C=O) groups excluding carboxylic acids is 3. The molecule has 0 aliphatic heterocycles. The van der Waals surface area contributed by atoms with E-state index < -0.39 is 17.5 Å². The molecule has 0 heterocycles. The molecule has 3 aliphatic rings. The van der Waals surface area contributed by atoms with E-state index in [4.69, 9.17) is 4.74 Å². The Morgan fingerprint density at radius 1 is 1.30 bits per heavy atom. The van der Waals surface area contributed by atoms with Crippen LogP contribution in [-0.2, 0) is 19.1 Å². The van der Waals surface area contributed by atoms with E-state index in [-0.39, 0.29) is 40.8 Å². The standard InChI is InChI=1S/C22H32O5/c1-13-8-15(24)9-18-21(4)7-6-20(3,19(26)12-27-14(2)23)10-16(21)17(25)11-22(13,18)5/h8,16,18-19,26H,6-7,9-12H2,1-5H3/t16-,18-,19-,20+,21+,22-/m1/s1. The van der Waals surface area contributed by atoms with Gasteiger partial charge in [0.1, 0.15) is 12.4 Å². The van der Waals surface area contributed by atoms with Crippen LogP contribution in [0.2, 0.25) is 0 Å². The van der Waals surface area contributed by atoms with Gasteiger partial charge in [-0.2, -0.15) is 0 Å². The van der Waals surface area contributed by atoms with Crippen molar-refractivity contribution in [3.63, 3.8) is 0 Å². The Balaban J connectivity index is 1.89. The zero-order valence-electron chi connectivity index (χ0n) is 17.1. The van der Waals surface area contributed by atoms with Gasteiger partial charge in [0, 0.05) is 25.7 Å². The van der Waals surface area contributed by atoms with Crippen LogP contribution in [-0.4, -0.2) is 35.4 Å². The Bertz CT molecular complexity index is 709. The third kappa shape index (κ3) is 3.18. The monoisotopic (exact) mass is 376 g/mol. The lowest BCUT2D eigenvalue weighted by atomic mass is 9.42. The molecule has 0 amide bonds. The predicted octanol–water partition coefficient (Wildman–Crippen LogP) is 3.24. The Kier molecular flexibility index (Phi) is 4.91. The highest BCUT2D eigenvalue weighted by Crippen LogP contribution is 2.65. The summed E-state index contributed by atoms with van der Waals surface area (Å²) in [6, 6.07) is 0. The summed E-state index contributed by atoms with van der Waals surface area (Å²) in [6.07, 6.45) is 4.01. The van der Waals surface area contributed by atoms with Crippen molar-refractivity contribution in [1.82, 2.24) is 0 Å². The number of esters is 1. The minimum absolute atomic E-state index is 0.0368. The van der Waals surface area contributed by atoms with Gasteiger partial charge in [-0.15, -0.1) is 0 Å². The molecule has 150 valence electrons. The molecule has 27 heavy (non-hydrogen) atoms. The molecule has 0 unspecified atom stereocenters. The predicted molar refractivity (Wildman–Crippen MR) is 101 cm³/mol. The average Bonchev–Trinajstić information content (AvgIpc) is 2.57. The van der Waals surface area contributed by atoms with Crippen LogP contribution in [0, 0.1) is 28.1 Å². The molecule has 0 aromatic rings. The second-order valence-electron chi connectivity index (χ2n) is 9.85. The highest BCUT2D eigenvalue weighted by Gasteiger charge is 2.62. The normalized spacial score (nSPS) is 42.7. The van der Waals surface area contributed by atoms with E-state index >= 15 is 0 Å². The van der Waals surface area contributed by atoms with Crippen LogP contribution < -0.4 is 0 Å². The second-order valence-corrected chi connectivity index (χ2v) is 9.85. The molecule has 2 fully saturated rings. The van der Waals surface area contributed by atoms with Gasteiger partial charge in [-0.05, 0) is 54.4 Å². The third-order valence-electron chi connectivity index (χ3n) is 8.13. The third-order valence-corrected chi connectivity index (χ3v) is 8.13. The van der Waals surface area contributed by atoms with Crippen LogP contribution in [0.4, 0.5) is 0 Å². The number of Topliss-reactive ketones (excluding diaryl/α,β-unsaturated/α-hetero) is 1. The lowest BCUT2D eigenvalue weighted by molar-refractivity contribution is -0.167. The zero-order chi connectivity index (χ0) is 20.2.